The largest absolute Gasteiger partial charge is 0.361 e. The average Bonchev–Trinajstić information content (AvgIpc) is 2.49. The lowest BCUT2D eigenvalue weighted by molar-refractivity contribution is 0.162. The van der Waals surface area contributed by atoms with Gasteiger partial charge in [-0.15, -0.1) is 24.0 Å². The van der Waals surface area contributed by atoms with Crippen LogP contribution in [-0.2, 0) is 0 Å². The monoisotopic (exact) mass is 311 g/mol. The van der Waals surface area contributed by atoms with Crippen LogP contribution in [-0.4, -0.2) is 47.5 Å². The van der Waals surface area contributed by atoms with E-state index in [0.29, 0.717) is 6.67 Å². The van der Waals surface area contributed by atoms with Crippen molar-refractivity contribution in [3.05, 3.63) is 12.4 Å². The molecule has 0 aromatic rings. The fraction of sp³-hybridized carbons (Fsp3) is 0.667. The highest BCUT2D eigenvalue weighted by molar-refractivity contribution is 14.0. The van der Waals surface area contributed by atoms with Crippen molar-refractivity contribution >= 4 is 30.0 Å². The van der Waals surface area contributed by atoms with Crippen molar-refractivity contribution in [1.29, 1.82) is 0 Å². The molecule has 0 saturated heterocycles. The maximum atomic E-state index is 11.7. The molecule has 1 rings (SSSR count). The first-order chi connectivity index (χ1) is 6.02. The van der Waals surface area contributed by atoms with Crippen molar-refractivity contribution in [2.75, 3.05) is 20.8 Å². The fourth-order valence-electron chi connectivity index (χ4n) is 1.08. The number of amides is 2. The Balaban J connectivity index is 0.00000169. The van der Waals surface area contributed by atoms with Crippen LogP contribution in [0.25, 0.3) is 0 Å². The van der Waals surface area contributed by atoms with E-state index in [1.807, 2.05) is 39.0 Å². The van der Waals surface area contributed by atoms with Gasteiger partial charge in [0, 0.05) is 32.5 Å². The SMILES string of the molecule is CC(C)N(C)C(=O)N1C=CN(C)C1.I. The summed E-state index contributed by atoms with van der Waals surface area (Å²) in [4.78, 5) is 17.1. The average molecular weight is 311 g/mol. The third kappa shape index (κ3) is 3.04. The Morgan fingerprint density at radius 3 is 2.36 bits per heavy atom. The number of carbonyl (C=O) groups is 1. The standard InChI is InChI=1S/C9H17N3O.HI/c1-8(2)11(4)9(13)12-6-5-10(3)7-12;/h5-6,8H,7H2,1-4H3;1H. The Morgan fingerprint density at radius 1 is 1.43 bits per heavy atom. The smallest absolute Gasteiger partial charge is 0.325 e. The maximum Gasteiger partial charge on any atom is 0.325 e. The topological polar surface area (TPSA) is 26.8 Å². The molecule has 0 aromatic heterocycles. The zero-order chi connectivity index (χ0) is 10.0. The van der Waals surface area contributed by atoms with Gasteiger partial charge in [0.25, 0.3) is 0 Å². The molecule has 0 atom stereocenters. The molecule has 4 nitrogen and oxygen atoms in total. The van der Waals surface area contributed by atoms with E-state index < -0.39 is 0 Å². The molecule has 14 heavy (non-hydrogen) atoms. The van der Waals surface area contributed by atoms with E-state index in [1.54, 1.807) is 16.0 Å². The third-order valence-electron chi connectivity index (χ3n) is 2.20. The molecule has 0 radical (unpaired) electrons. The summed E-state index contributed by atoms with van der Waals surface area (Å²) in [6.07, 6.45) is 3.70. The number of rotatable bonds is 1. The first kappa shape index (κ1) is 13.5. The molecule has 5 heteroatoms. The van der Waals surface area contributed by atoms with Gasteiger partial charge in [0.1, 0.15) is 0 Å². The van der Waals surface area contributed by atoms with E-state index >= 15 is 0 Å². The second-order valence-electron chi connectivity index (χ2n) is 3.65. The van der Waals surface area contributed by atoms with Gasteiger partial charge >= 0.3 is 6.03 Å². The van der Waals surface area contributed by atoms with Gasteiger partial charge in [-0.2, -0.15) is 0 Å². The van der Waals surface area contributed by atoms with E-state index in [-0.39, 0.29) is 36.0 Å². The van der Waals surface area contributed by atoms with Gasteiger partial charge in [0.2, 0.25) is 0 Å². The second-order valence-corrected chi connectivity index (χ2v) is 3.65. The molecule has 1 aliphatic heterocycles. The van der Waals surface area contributed by atoms with E-state index in [1.165, 1.54) is 0 Å². The summed E-state index contributed by atoms with van der Waals surface area (Å²) in [7, 11) is 3.76. The molecule has 82 valence electrons. The van der Waals surface area contributed by atoms with E-state index in [0.717, 1.165) is 0 Å². The summed E-state index contributed by atoms with van der Waals surface area (Å²) < 4.78 is 0. The van der Waals surface area contributed by atoms with Gasteiger partial charge in [-0.05, 0) is 13.8 Å². The Bertz CT molecular complexity index is 230. The van der Waals surface area contributed by atoms with Crippen LogP contribution in [0.4, 0.5) is 4.79 Å². The van der Waals surface area contributed by atoms with Crippen molar-refractivity contribution in [2.24, 2.45) is 0 Å². The van der Waals surface area contributed by atoms with Crippen LogP contribution < -0.4 is 0 Å². The maximum absolute atomic E-state index is 11.7. The highest BCUT2D eigenvalue weighted by Crippen LogP contribution is 2.08. The predicted octanol–water partition coefficient (Wildman–Crippen LogP) is 1.74. The molecular formula is C9H18IN3O. The van der Waals surface area contributed by atoms with Crippen molar-refractivity contribution in [2.45, 2.75) is 19.9 Å². The van der Waals surface area contributed by atoms with Crippen LogP contribution in [0.3, 0.4) is 0 Å². The molecule has 0 aliphatic carbocycles. The summed E-state index contributed by atoms with van der Waals surface area (Å²) >= 11 is 0. The molecule has 0 bridgehead atoms. The quantitative estimate of drug-likeness (QED) is 0.690. The predicted molar refractivity (Wildman–Crippen MR) is 67.3 cm³/mol. The lowest BCUT2D eigenvalue weighted by Gasteiger charge is -2.26. The van der Waals surface area contributed by atoms with E-state index in [9.17, 15) is 4.79 Å². The molecule has 0 fully saturated rings. The van der Waals surface area contributed by atoms with Crippen molar-refractivity contribution in [3.8, 4) is 0 Å². The van der Waals surface area contributed by atoms with Crippen LogP contribution in [0, 0.1) is 0 Å². The summed E-state index contributed by atoms with van der Waals surface area (Å²) in [5.41, 5.74) is 0. The molecular weight excluding hydrogens is 293 g/mol. The lowest BCUT2D eigenvalue weighted by Crippen LogP contribution is -2.42. The third-order valence-corrected chi connectivity index (χ3v) is 2.20. The fourth-order valence-corrected chi connectivity index (χ4v) is 1.08. The second kappa shape index (κ2) is 5.43. The molecule has 0 N–H and O–H groups in total. The number of hydrogen-bond acceptors (Lipinski definition) is 2. The minimum atomic E-state index is 0. The molecule has 2 amide bonds. The van der Waals surface area contributed by atoms with Crippen LogP contribution in [0.2, 0.25) is 0 Å². The minimum absolute atomic E-state index is 0. The zero-order valence-electron chi connectivity index (χ0n) is 9.10. The number of hydrogen-bond donors (Lipinski definition) is 0. The van der Waals surface area contributed by atoms with E-state index in [4.69, 9.17) is 0 Å². The Labute approximate surface area is 103 Å². The highest BCUT2D eigenvalue weighted by Gasteiger charge is 2.21. The molecule has 1 aliphatic rings. The number of carbonyl (C=O) groups excluding carboxylic acids is 1. The minimum Gasteiger partial charge on any atom is -0.361 e. The van der Waals surface area contributed by atoms with Gasteiger partial charge in [0.05, 0.1) is 6.67 Å². The molecule has 0 unspecified atom stereocenters. The van der Waals surface area contributed by atoms with Crippen LogP contribution in [0.15, 0.2) is 12.4 Å². The first-order valence-corrected chi connectivity index (χ1v) is 4.44. The van der Waals surface area contributed by atoms with Gasteiger partial charge in [0.15, 0.2) is 0 Å². The van der Waals surface area contributed by atoms with Crippen molar-refractivity contribution < 1.29 is 4.79 Å². The lowest BCUT2D eigenvalue weighted by atomic mass is 10.3. The summed E-state index contributed by atoms with van der Waals surface area (Å²) in [5, 5.41) is 0. The first-order valence-electron chi connectivity index (χ1n) is 4.44. The van der Waals surface area contributed by atoms with Crippen LogP contribution in [0.1, 0.15) is 13.8 Å². The van der Waals surface area contributed by atoms with Crippen molar-refractivity contribution in [1.82, 2.24) is 14.7 Å². The Hall–Kier alpha value is -0.460. The van der Waals surface area contributed by atoms with E-state index in [2.05, 4.69) is 0 Å². The number of nitrogens with zero attached hydrogens (tertiary/aromatic N) is 3. The van der Waals surface area contributed by atoms with Crippen LogP contribution >= 0.6 is 24.0 Å². The van der Waals surface area contributed by atoms with Gasteiger partial charge in [-0.3, -0.25) is 4.90 Å². The number of urea groups is 1. The van der Waals surface area contributed by atoms with Crippen molar-refractivity contribution in [3.63, 3.8) is 0 Å². The highest BCUT2D eigenvalue weighted by atomic mass is 127. The van der Waals surface area contributed by atoms with Gasteiger partial charge < -0.3 is 9.80 Å². The zero-order valence-corrected chi connectivity index (χ0v) is 11.4. The van der Waals surface area contributed by atoms with Gasteiger partial charge in [-0.25, -0.2) is 4.79 Å². The molecule has 0 spiro atoms. The summed E-state index contributed by atoms with van der Waals surface area (Å²) in [6, 6.07) is 0.294. The molecule has 1 heterocycles. The molecule has 0 saturated carbocycles. The van der Waals surface area contributed by atoms with Crippen LogP contribution in [0.5, 0.6) is 0 Å². The normalized spacial score (nSPS) is 14.6. The summed E-state index contributed by atoms with van der Waals surface area (Å²) in [6.45, 7) is 4.65. The summed E-state index contributed by atoms with van der Waals surface area (Å²) in [5.74, 6) is 0. The Kier molecular flexibility index (Phi) is 5.25. The Morgan fingerprint density at radius 2 is 2.00 bits per heavy atom. The number of halogens is 1. The molecule has 0 aromatic carbocycles. The van der Waals surface area contributed by atoms with Gasteiger partial charge in [-0.1, -0.05) is 0 Å².